The molecule has 4 aromatic rings. The lowest BCUT2D eigenvalue weighted by Crippen LogP contribution is -2.31. The summed E-state index contributed by atoms with van der Waals surface area (Å²) in [6.45, 7) is 0.437. The molecule has 31 heavy (non-hydrogen) atoms. The van der Waals surface area contributed by atoms with Crippen LogP contribution in [0.3, 0.4) is 0 Å². The van der Waals surface area contributed by atoms with E-state index in [1.165, 1.54) is 4.68 Å². The Kier molecular flexibility index (Phi) is 5.89. The van der Waals surface area contributed by atoms with E-state index in [0.29, 0.717) is 27.9 Å². The van der Waals surface area contributed by atoms with Crippen LogP contribution in [-0.2, 0) is 13.1 Å². The Morgan fingerprint density at radius 2 is 1.81 bits per heavy atom. The van der Waals surface area contributed by atoms with Crippen LogP contribution in [0.15, 0.2) is 77.9 Å². The first-order valence-corrected chi connectivity index (χ1v) is 9.71. The van der Waals surface area contributed by atoms with Crippen LogP contribution in [-0.4, -0.2) is 27.9 Å². The molecule has 4 rings (SSSR count). The van der Waals surface area contributed by atoms with Gasteiger partial charge in [0.15, 0.2) is 0 Å². The molecule has 156 valence electrons. The number of amides is 2. The molecule has 0 fully saturated rings. The number of pyridine rings is 1. The summed E-state index contributed by atoms with van der Waals surface area (Å²) in [7, 11) is 1.54. The summed E-state index contributed by atoms with van der Waals surface area (Å²) in [4.78, 5) is 29.4. The fraction of sp³-hybridized carbons (Fsp3) is 0.130. The summed E-state index contributed by atoms with van der Waals surface area (Å²) in [5.74, 6) is 0.561. The average molecular weight is 415 g/mol. The number of anilines is 1. The van der Waals surface area contributed by atoms with E-state index in [1.807, 2.05) is 42.5 Å². The lowest BCUT2D eigenvalue weighted by molar-refractivity contribution is 0.251. The molecule has 0 unspecified atom stereocenters. The molecule has 0 spiro atoms. The smallest absolute Gasteiger partial charge is 0.319 e. The van der Waals surface area contributed by atoms with Crippen LogP contribution in [0.4, 0.5) is 10.5 Å². The molecule has 2 amide bonds. The van der Waals surface area contributed by atoms with E-state index in [9.17, 15) is 9.59 Å². The minimum absolute atomic E-state index is 0.148. The Balaban J connectivity index is 1.58. The van der Waals surface area contributed by atoms with Crippen molar-refractivity contribution >= 4 is 22.5 Å². The number of hydrogen-bond donors (Lipinski definition) is 2. The fourth-order valence-corrected chi connectivity index (χ4v) is 3.29. The zero-order chi connectivity index (χ0) is 21.6. The molecule has 0 bridgehead atoms. The van der Waals surface area contributed by atoms with Crippen LogP contribution in [0.1, 0.15) is 11.3 Å². The number of carbonyl (C=O) groups excluding carboxylic acids is 1. The molecular weight excluding hydrogens is 394 g/mol. The molecule has 8 nitrogen and oxygen atoms in total. The zero-order valence-corrected chi connectivity index (χ0v) is 16.9. The highest BCUT2D eigenvalue weighted by Crippen LogP contribution is 2.22. The summed E-state index contributed by atoms with van der Waals surface area (Å²) < 4.78 is 6.65. The average Bonchev–Trinajstić information content (AvgIpc) is 2.81. The van der Waals surface area contributed by atoms with Crippen LogP contribution in [0.25, 0.3) is 10.8 Å². The predicted molar refractivity (Wildman–Crippen MR) is 118 cm³/mol. The third-order valence-electron chi connectivity index (χ3n) is 4.77. The largest absolute Gasteiger partial charge is 0.495 e. The van der Waals surface area contributed by atoms with Crippen molar-refractivity contribution in [3.05, 3.63) is 94.7 Å². The molecule has 0 saturated heterocycles. The van der Waals surface area contributed by atoms with Crippen LogP contribution in [0, 0.1) is 0 Å². The van der Waals surface area contributed by atoms with Gasteiger partial charge in [-0.1, -0.05) is 36.4 Å². The highest BCUT2D eigenvalue weighted by Gasteiger charge is 2.13. The standard InChI is InChI=1S/C23H21N5O3/c1-31-21-11-5-4-10-19(21)26-23(30)25-14-20-17-8-2-3-9-18(17)22(29)28(27-20)15-16-7-6-12-24-13-16/h2-13H,14-15H2,1H3,(H2,25,26,30). The van der Waals surface area contributed by atoms with E-state index in [0.717, 1.165) is 5.56 Å². The summed E-state index contributed by atoms with van der Waals surface area (Å²) in [5, 5.41) is 11.3. The van der Waals surface area contributed by atoms with Crippen molar-refractivity contribution in [1.29, 1.82) is 0 Å². The van der Waals surface area contributed by atoms with Gasteiger partial charge in [0.05, 0.1) is 37.0 Å². The number of benzene rings is 2. The van der Waals surface area contributed by atoms with Gasteiger partial charge in [0.25, 0.3) is 5.56 Å². The topological polar surface area (TPSA) is 98.1 Å². The van der Waals surface area contributed by atoms with Gasteiger partial charge in [-0.2, -0.15) is 5.10 Å². The van der Waals surface area contributed by atoms with Gasteiger partial charge in [0.2, 0.25) is 0 Å². The van der Waals surface area contributed by atoms with Gasteiger partial charge >= 0.3 is 6.03 Å². The van der Waals surface area contributed by atoms with Gasteiger partial charge in [-0.05, 0) is 29.8 Å². The van der Waals surface area contributed by atoms with Crippen LogP contribution in [0.5, 0.6) is 5.75 Å². The summed E-state index contributed by atoms with van der Waals surface area (Å²) in [5.41, 5.74) is 1.82. The number of nitrogens with one attached hydrogen (secondary N) is 2. The third kappa shape index (κ3) is 4.53. The van der Waals surface area contributed by atoms with Crippen molar-refractivity contribution < 1.29 is 9.53 Å². The van der Waals surface area contributed by atoms with Crippen LogP contribution < -0.4 is 20.9 Å². The van der Waals surface area contributed by atoms with Gasteiger partial charge in [-0.25, -0.2) is 9.48 Å². The minimum Gasteiger partial charge on any atom is -0.495 e. The van der Waals surface area contributed by atoms with Crippen molar-refractivity contribution in [2.45, 2.75) is 13.1 Å². The normalized spacial score (nSPS) is 10.6. The molecule has 2 N–H and O–H groups in total. The third-order valence-corrected chi connectivity index (χ3v) is 4.77. The Labute approximate surface area is 178 Å². The monoisotopic (exact) mass is 415 g/mol. The molecule has 2 heterocycles. The van der Waals surface area contributed by atoms with Crippen LogP contribution in [0.2, 0.25) is 0 Å². The predicted octanol–water partition coefficient (Wildman–Crippen LogP) is 3.17. The highest BCUT2D eigenvalue weighted by molar-refractivity contribution is 5.91. The van der Waals surface area contributed by atoms with Gasteiger partial charge in [-0.15, -0.1) is 0 Å². The fourth-order valence-electron chi connectivity index (χ4n) is 3.29. The molecule has 0 aliphatic heterocycles. The molecule has 0 atom stereocenters. The number of rotatable bonds is 6. The van der Waals surface area contributed by atoms with E-state index in [1.54, 1.807) is 37.7 Å². The number of fused-ring (bicyclic) bond motifs is 1. The highest BCUT2D eigenvalue weighted by atomic mass is 16.5. The Morgan fingerprint density at radius 3 is 2.58 bits per heavy atom. The number of methoxy groups -OCH3 is 1. The number of urea groups is 1. The second-order valence-corrected chi connectivity index (χ2v) is 6.82. The lowest BCUT2D eigenvalue weighted by atomic mass is 10.1. The molecule has 2 aromatic heterocycles. The van der Waals surface area contributed by atoms with E-state index in [2.05, 4.69) is 20.7 Å². The van der Waals surface area contributed by atoms with Crippen LogP contribution >= 0.6 is 0 Å². The molecule has 0 saturated carbocycles. The maximum absolute atomic E-state index is 12.9. The number of carbonyl (C=O) groups is 1. The SMILES string of the molecule is COc1ccccc1NC(=O)NCc1nn(Cc2cccnc2)c(=O)c2ccccc12. The Bertz CT molecular complexity index is 1270. The number of para-hydroxylation sites is 2. The van der Waals surface area contributed by atoms with E-state index in [-0.39, 0.29) is 18.6 Å². The second kappa shape index (κ2) is 9.08. The minimum atomic E-state index is -0.402. The first-order valence-electron chi connectivity index (χ1n) is 9.71. The quantitative estimate of drug-likeness (QED) is 0.504. The van der Waals surface area contributed by atoms with Gasteiger partial charge < -0.3 is 15.4 Å². The molecular formula is C23H21N5O3. The summed E-state index contributed by atoms with van der Waals surface area (Å²) in [6, 6.07) is 17.7. The Morgan fingerprint density at radius 1 is 1.03 bits per heavy atom. The number of ether oxygens (including phenoxy) is 1. The zero-order valence-electron chi connectivity index (χ0n) is 16.9. The van der Waals surface area contributed by atoms with Gasteiger partial charge in [0, 0.05) is 17.8 Å². The van der Waals surface area contributed by atoms with Gasteiger partial charge in [0.1, 0.15) is 5.75 Å². The van der Waals surface area contributed by atoms with Gasteiger partial charge in [-0.3, -0.25) is 9.78 Å². The molecule has 8 heteroatoms. The lowest BCUT2D eigenvalue weighted by Gasteiger charge is -2.13. The number of nitrogens with zero attached hydrogens (tertiary/aromatic N) is 3. The van der Waals surface area contributed by atoms with E-state index < -0.39 is 6.03 Å². The molecule has 2 aromatic carbocycles. The molecule has 0 aliphatic rings. The second-order valence-electron chi connectivity index (χ2n) is 6.82. The summed E-state index contributed by atoms with van der Waals surface area (Å²) in [6.07, 6.45) is 3.37. The van der Waals surface area contributed by atoms with Crippen molar-refractivity contribution in [3.63, 3.8) is 0 Å². The van der Waals surface area contributed by atoms with Crippen molar-refractivity contribution in [2.24, 2.45) is 0 Å². The number of hydrogen-bond acceptors (Lipinski definition) is 5. The Hall–Kier alpha value is -4.20. The van der Waals surface area contributed by atoms with E-state index in [4.69, 9.17) is 4.74 Å². The molecule has 0 aliphatic carbocycles. The molecule has 0 radical (unpaired) electrons. The number of aromatic nitrogens is 3. The van der Waals surface area contributed by atoms with E-state index >= 15 is 0 Å². The maximum atomic E-state index is 12.9. The summed E-state index contributed by atoms with van der Waals surface area (Å²) >= 11 is 0. The van der Waals surface area contributed by atoms with Crippen molar-refractivity contribution in [2.75, 3.05) is 12.4 Å². The maximum Gasteiger partial charge on any atom is 0.319 e. The van der Waals surface area contributed by atoms with Crippen molar-refractivity contribution in [1.82, 2.24) is 20.1 Å². The first kappa shape index (κ1) is 20.1. The first-order chi connectivity index (χ1) is 15.2. The van der Waals surface area contributed by atoms with Crippen molar-refractivity contribution in [3.8, 4) is 5.75 Å².